The Hall–Kier alpha value is -1.48. The number of rotatable bonds is 6. The summed E-state index contributed by atoms with van der Waals surface area (Å²) in [5.41, 5.74) is 3.44. The van der Waals surface area contributed by atoms with Crippen LogP contribution in [-0.4, -0.2) is 13.4 Å². The number of nitrogens with one attached hydrogen (secondary N) is 2. The van der Waals surface area contributed by atoms with Crippen LogP contribution in [0.5, 0.6) is 0 Å². The molecule has 0 saturated carbocycles. The number of aryl methyl sites for hydroxylation is 1. The smallest absolute Gasteiger partial charge is 0.244 e. The molecule has 0 saturated heterocycles. The standard InChI is InChI=1S/C12H16N4O2S2/c1-2-9-5-7-19-10(9)8-15-20(17,18)11-4-3-6-14-12(11)16-13/h3-7,15H,2,8,13H2,1H3,(H,14,16). The number of nitrogens with zero attached hydrogens (tertiary/aromatic N) is 1. The van der Waals surface area contributed by atoms with Crippen LogP contribution < -0.4 is 16.0 Å². The minimum Gasteiger partial charge on any atom is -0.307 e. The second-order valence-corrected chi connectivity index (χ2v) is 6.78. The maximum atomic E-state index is 12.3. The van der Waals surface area contributed by atoms with E-state index in [9.17, 15) is 8.42 Å². The van der Waals surface area contributed by atoms with Gasteiger partial charge in [0.1, 0.15) is 4.90 Å². The number of sulfonamides is 1. The van der Waals surface area contributed by atoms with E-state index in [1.54, 1.807) is 6.07 Å². The number of anilines is 1. The lowest BCUT2D eigenvalue weighted by molar-refractivity contribution is 0.581. The van der Waals surface area contributed by atoms with Gasteiger partial charge in [0.15, 0.2) is 5.82 Å². The first-order valence-electron chi connectivity index (χ1n) is 6.05. The Labute approximate surface area is 122 Å². The quantitative estimate of drug-likeness (QED) is 0.554. The maximum Gasteiger partial charge on any atom is 0.244 e. The lowest BCUT2D eigenvalue weighted by Crippen LogP contribution is -2.25. The van der Waals surface area contributed by atoms with Crippen molar-refractivity contribution >= 4 is 27.2 Å². The van der Waals surface area contributed by atoms with Crippen molar-refractivity contribution in [1.29, 1.82) is 0 Å². The minimum absolute atomic E-state index is 0.0390. The molecule has 0 bridgehead atoms. The van der Waals surface area contributed by atoms with Crippen LogP contribution in [0, 0.1) is 0 Å². The minimum atomic E-state index is -3.65. The predicted octanol–water partition coefficient (Wildman–Crippen LogP) is 1.47. The number of pyridine rings is 1. The van der Waals surface area contributed by atoms with E-state index in [0.717, 1.165) is 16.9 Å². The Morgan fingerprint density at radius 3 is 2.90 bits per heavy atom. The van der Waals surface area contributed by atoms with E-state index in [1.165, 1.54) is 23.6 Å². The summed E-state index contributed by atoms with van der Waals surface area (Å²) in [5, 5.41) is 1.96. The van der Waals surface area contributed by atoms with Crippen LogP contribution in [0.3, 0.4) is 0 Å². The predicted molar refractivity (Wildman–Crippen MR) is 79.8 cm³/mol. The number of nitrogens with two attached hydrogens (primary N) is 1. The van der Waals surface area contributed by atoms with Crippen molar-refractivity contribution in [1.82, 2.24) is 9.71 Å². The van der Waals surface area contributed by atoms with Gasteiger partial charge < -0.3 is 5.43 Å². The van der Waals surface area contributed by atoms with Gasteiger partial charge in [-0.3, -0.25) is 0 Å². The first kappa shape index (κ1) is 14.9. The van der Waals surface area contributed by atoms with Crippen molar-refractivity contribution in [2.45, 2.75) is 24.8 Å². The van der Waals surface area contributed by atoms with Gasteiger partial charge in [-0.15, -0.1) is 11.3 Å². The molecule has 8 heteroatoms. The molecule has 0 fully saturated rings. The van der Waals surface area contributed by atoms with Crippen LogP contribution in [-0.2, 0) is 23.0 Å². The third kappa shape index (κ3) is 3.15. The summed E-state index contributed by atoms with van der Waals surface area (Å²) < 4.78 is 27.1. The fourth-order valence-electron chi connectivity index (χ4n) is 1.79. The zero-order chi connectivity index (χ0) is 14.6. The molecule has 4 N–H and O–H groups in total. The van der Waals surface area contributed by atoms with Gasteiger partial charge in [0.2, 0.25) is 10.0 Å². The molecule has 0 unspecified atom stereocenters. The van der Waals surface area contributed by atoms with Gasteiger partial charge in [0, 0.05) is 17.6 Å². The van der Waals surface area contributed by atoms with Crippen LogP contribution in [0.1, 0.15) is 17.4 Å². The van der Waals surface area contributed by atoms with E-state index in [-0.39, 0.29) is 17.3 Å². The Kier molecular flexibility index (Phi) is 4.71. The summed E-state index contributed by atoms with van der Waals surface area (Å²) in [7, 11) is -3.65. The third-order valence-electron chi connectivity index (χ3n) is 2.84. The van der Waals surface area contributed by atoms with Crippen LogP contribution in [0.4, 0.5) is 5.82 Å². The van der Waals surface area contributed by atoms with Crippen LogP contribution in [0.15, 0.2) is 34.7 Å². The van der Waals surface area contributed by atoms with E-state index in [1.807, 2.05) is 18.4 Å². The second-order valence-electron chi connectivity index (χ2n) is 4.04. The normalized spacial score (nSPS) is 11.5. The van der Waals surface area contributed by atoms with Crippen molar-refractivity contribution in [2.24, 2.45) is 5.84 Å². The Morgan fingerprint density at radius 1 is 1.40 bits per heavy atom. The topological polar surface area (TPSA) is 97.1 Å². The van der Waals surface area contributed by atoms with Crippen molar-refractivity contribution in [3.63, 3.8) is 0 Å². The molecule has 2 heterocycles. The van der Waals surface area contributed by atoms with Gasteiger partial charge >= 0.3 is 0 Å². The van der Waals surface area contributed by atoms with Crippen LogP contribution >= 0.6 is 11.3 Å². The third-order valence-corrected chi connectivity index (χ3v) is 5.23. The average molecular weight is 312 g/mol. The molecule has 0 aromatic carbocycles. The van der Waals surface area contributed by atoms with E-state index in [0.29, 0.717) is 0 Å². The molecule has 2 aromatic heterocycles. The lowest BCUT2D eigenvalue weighted by atomic mass is 10.2. The van der Waals surface area contributed by atoms with E-state index >= 15 is 0 Å². The van der Waals surface area contributed by atoms with E-state index in [4.69, 9.17) is 5.84 Å². The monoisotopic (exact) mass is 312 g/mol. The zero-order valence-electron chi connectivity index (χ0n) is 11.0. The van der Waals surface area contributed by atoms with Crippen LogP contribution in [0.2, 0.25) is 0 Å². The summed E-state index contributed by atoms with van der Waals surface area (Å²) in [6, 6.07) is 5.02. The van der Waals surface area contributed by atoms with Crippen molar-refractivity contribution in [2.75, 3.05) is 5.43 Å². The Morgan fingerprint density at radius 2 is 2.20 bits per heavy atom. The fourth-order valence-corrected chi connectivity index (χ4v) is 3.91. The number of hydrogen-bond acceptors (Lipinski definition) is 6. The van der Waals surface area contributed by atoms with Gasteiger partial charge in [-0.1, -0.05) is 6.92 Å². The summed E-state index contributed by atoms with van der Waals surface area (Å²) in [6.07, 6.45) is 2.35. The highest BCUT2D eigenvalue weighted by atomic mass is 32.2. The molecule has 0 spiro atoms. The highest BCUT2D eigenvalue weighted by Crippen LogP contribution is 2.20. The Balaban J connectivity index is 2.19. The molecule has 2 aromatic rings. The van der Waals surface area contributed by atoms with E-state index in [2.05, 4.69) is 15.1 Å². The molecule has 0 aliphatic heterocycles. The lowest BCUT2D eigenvalue weighted by Gasteiger charge is -2.10. The highest BCUT2D eigenvalue weighted by molar-refractivity contribution is 7.89. The molecule has 0 amide bonds. The molecule has 6 nitrogen and oxygen atoms in total. The number of thiophene rings is 1. The maximum absolute atomic E-state index is 12.3. The molecule has 0 aliphatic rings. The van der Waals surface area contributed by atoms with Gasteiger partial charge in [0.25, 0.3) is 0 Å². The number of nitrogen functional groups attached to an aromatic ring is 1. The van der Waals surface area contributed by atoms with Crippen molar-refractivity contribution in [3.05, 3.63) is 40.2 Å². The molecule has 0 radical (unpaired) electrons. The van der Waals surface area contributed by atoms with Gasteiger partial charge in [-0.05, 0) is 35.6 Å². The van der Waals surface area contributed by atoms with Gasteiger partial charge in [-0.25, -0.2) is 24.0 Å². The molecular weight excluding hydrogens is 296 g/mol. The Bertz CT molecular complexity index is 682. The summed E-state index contributed by atoms with van der Waals surface area (Å²) in [4.78, 5) is 4.94. The molecular formula is C12H16N4O2S2. The molecule has 20 heavy (non-hydrogen) atoms. The largest absolute Gasteiger partial charge is 0.307 e. The second kappa shape index (κ2) is 6.31. The molecule has 0 atom stereocenters. The first-order valence-corrected chi connectivity index (χ1v) is 8.41. The van der Waals surface area contributed by atoms with Crippen molar-refractivity contribution < 1.29 is 8.42 Å². The SMILES string of the molecule is CCc1ccsc1CNS(=O)(=O)c1cccnc1NN. The van der Waals surface area contributed by atoms with E-state index < -0.39 is 10.0 Å². The van der Waals surface area contributed by atoms with Gasteiger partial charge in [-0.2, -0.15) is 0 Å². The van der Waals surface area contributed by atoms with Gasteiger partial charge in [0.05, 0.1) is 0 Å². The molecule has 108 valence electrons. The number of aromatic nitrogens is 1. The number of hydrazine groups is 1. The zero-order valence-corrected chi connectivity index (χ0v) is 12.6. The average Bonchev–Trinajstić information content (AvgIpc) is 2.92. The first-order chi connectivity index (χ1) is 9.58. The van der Waals surface area contributed by atoms with Crippen LogP contribution in [0.25, 0.3) is 0 Å². The number of hydrogen-bond donors (Lipinski definition) is 3. The molecule has 2 rings (SSSR count). The van der Waals surface area contributed by atoms with Crippen molar-refractivity contribution in [3.8, 4) is 0 Å². The fraction of sp³-hybridized carbons (Fsp3) is 0.250. The summed E-state index contributed by atoms with van der Waals surface area (Å²) in [5.74, 6) is 5.41. The summed E-state index contributed by atoms with van der Waals surface area (Å²) in [6.45, 7) is 2.31. The molecule has 0 aliphatic carbocycles. The summed E-state index contributed by atoms with van der Waals surface area (Å²) >= 11 is 1.54. The highest BCUT2D eigenvalue weighted by Gasteiger charge is 2.19.